The van der Waals surface area contributed by atoms with E-state index in [1.165, 1.54) is 15.9 Å². The molecule has 0 radical (unpaired) electrons. The van der Waals surface area contributed by atoms with Crippen molar-refractivity contribution in [3.63, 3.8) is 0 Å². The average molecular weight is 464 g/mol. The van der Waals surface area contributed by atoms with Gasteiger partial charge in [-0.15, -0.1) is 5.10 Å². The number of hydrogen-bond acceptors (Lipinski definition) is 7. The van der Waals surface area contributed by atoms with Crippen LogP contribution in [0, 0.1) is 12.8 Å². The number of aromatic hydroxyl groups is 1. The molecule has 3 atom stereocenters. The van der Waals surface area contributed by atoms with Gasteiger partial charge in [0.15, 0.2) is 0 Å². The lowest BCUT2D eigenvalue weighted by atomic mass is 9.82. The fraction of sp³-hybridized carbons (Fsp3) is 0.375. The third kappa shape index (κ3) is 3.34. The zero-order chi connectivity index (χ0) is 22.7. The fourth-order valence-corrected chi connectivity index (χ4v) is 6.65. The Morgan fingerprint density at radius 3 is 2.73 bits per heavy atom. The maximum Gasteiger partial charge on any atom is 0.250 e. The summed E-state index contributed by atoms with van der Waals surface area (Å²) < 4.78 is 8.85. The molecule has 1 N–H and O–H groups in total. The number of ether oxygens (including phenoxy) is 1. The number of nitrogens with zero attached hydrogens (tertiary/aromatic N) is 5. The predicted octanol–water partition coefficient (Wildman–Crippen LogP) is 3.18. The van der Waals surface area contributed by atoms with Gasteiger partial charge in [0.25, 0.3) is 5.56 Å². The van der Waals surface area contributed by atoms with E-state index in [0.717, 1.165) is 47.9 Å². The first-order valence-corrected chi connectivity index (χ1v) is 12.0. The van der Waals surface area contributed by atoms with Crippen LogP contribution in [0.3, 0.4) is 0 Å². The van der Waals surface area contributed by atoms with Crippen LogP contribution < -0.4 is 10.3 Å². The van der Waals surface area contributed by atoms with Crippen molar-refractivity contribution in [3.05, 3.63) is 74.8 Å². The first-order chi connectivity index (χ1) is 16.0. The highest BCUT2D eigenvalue weighted by Crippen LogP contribution is 2.44. The summed E-state index contributed by atoms with van der Waals surface area (Å²) in [5.41, 5.74) is 2.28. The number of rotatable bonds is 4. The summed E-state index contributed by atoms with van der Waals surface area (Å²) in [4.78, 5) is 20.9. The van der Waals surface area contributed by atoms with Crippen LogP contribution in [0.5, 0.6) is 11.6 Å². The third-order valence-corrected chi connectivity index (χ3v) is 7.93. The first kappa shape index (κ1) is 20.4. The van der Waals surface area contributed by atoms with Crippen molar-refractivity contribution in [2.45, 2.75) is 31.8 Å². The Labute approximate surface area is 194 Å². The number of aryl methyl sites for hydroxylation is 1. The molecule has 4 aromatic rings. The molecule has 1 aromatic carbocycles. The molecule has 6 rings (SSSR count). The minimum absolute atomic E-state index is 0.0842. The van der Waals surface area contributed by atoms with Crippen molar-refractivity contribution >= 4 is 16.3 Å². The summed E-state index contributed by atoms with van der Waals surface area (Å²) in [5.74, 6) is 2.23. The Morgan fingerprint density at radius 2 is 1.97 bits per heavy atom. The van der Waals surface area contributed by atoms with Crippen LogP contribution in [-0.4, -0.2) is 49.4 Å². The second kappa shape index (κ2) is 7.71. The van der Waals surface area contributed by atoms with Crippen molar-refractivity contribution in [1.82, 2.24) is 24.1 Å². The van der Waals surface area contributed by atoms with Gasteiger partial charge in [0.05, 0.1) is 18.0 Å². The molecular formula is C24H25N5O3S. The summed E-state index contributed by atoms with van der Waals surface area (Å²) in [6.45, 7) is 4.21. The number of benzene rings is 1. The van der Waals surface area contributed by atoms with E-state index in [4.69, 9.17) is 4.74 Å². The van der Waals surface area contributed by atoms with Crippen LogP contribution in [0.25, 0.3) is 4.96 Å². The van der Waals surface area contributed by atoms with Gasteiger partial charge in [-0.3, -0.25) is 9.69 Å². The second-order valence-electron chi connectivity index (χ2n) is 8.97. The number of fused-ring (bicyclic) bond motifs is 5. The van der Waals surface area contributed by atoms with Gasteiger partial charge in [-0.05, 0) is 43.0 Å². The predicted molar refractivity (Wildman–Crippen MR) is 125 cm³/mol. The summed E-state index contributed by atoms with van der Waals surface area (Å²) in [5, 5.41) is 15.5. The molecule has 1 fully saturated rings. The monoisotopic (exact) mass is 463 g/mol. The maximum atomic E-state index is 12.4. The minimum Gasteiger partial charge on any atom is -0.497 e. The van der Waals surface area contributed by atoms with Crippen LogP contribution in [0.1, 0.15) is 40.3 Å². The topological polar surface area (TPSA) is 84.9 Å². The molecule has 2 aliphatic rings. The van der Waals surface area contributed by atoms with Gasteiger partial charge in [0.1, 0.15) is 11.6 Å². The van der Waals surface area contributed by atoms with Gasteiger partial charge < -0.3 is 14.4 Å². The molecule has 3 unspecified atom stereocenters. The smallest absolute Gasteiger partial charge is 0.250 e. The highest BCUT2D eigenvalue weighted by atomic mass is 32.1. The molecule has 0 aliphatic carbocycles. The van der Waals surface area contributed by atoms with E-state index >= 15 is 0 Å². The van der Waals surface area contributed by atoms with Gasteiger partial charge in [-0.25, -0.2) is 4.98 Å². The second-order valence-corrected chi connectivity index (χ2v) is 9.98. The van der Waals surface area contributed by atoms with E-state index in [1.54, 1.807) is 13.2 Å². The molecule has 0 amide bonds. The van der Waals surface area contributed by atoms with Crippen molar-refractivity contribution in [2.75, 3.05) is 20.2 Å². The molecule has 33 heavy (non-hydrogen) atoms. The number of piperidine rings is 1. The SMILES string of the molecule is COc1ccc(C(c2sc3nc(C)nn3c2O)N2CC3CC(C2)c2cccc(=O)n2C3)cc1. The van der Waals surface area contributed by atoms with Gasteiger partial charge in [0.2, 0.25) is 10.8 Å². The van der Waals surface area contributed by atoms with Crippen molar-refractivity contribution < 1.29 is 9.84 Å². The lowest BCUT2D eigenvalue weighted by Crippen LogP contribution is -2.48. The number of aromatic nitrogens is 4. The Hall–Kier alpha value is -3.17. The molecule has 0 saturated carbocycles. The number of thiazole rings is 1. The van der Waals surface area contributed by atoms with Gasteiger partial charge in [-0.1, -0.05) is 29.5 Å². The zero-order valence-corrected chi connectivity index (χ0v) is 19.3. The Morgan fingerprint density at radius 1 is 1.15 bits per heavy atom. The van der Waals surface area contributed by atoms with E-state index in [1.807, 2.05) is 29.7 Å². The highest BCUT2D eigenvalue weighted by Gasteiger charge is 2.39. The summed E-state index contributed by atoms with van der Waals surface area (Å²) >= 11 is 1.48. The standard InChI is InChI=1S/C24H25N5O3S/c1-14-25-24-29(26-14)23(31)22(33-24)21(16-6-8-18(32-2)9-7-16)27-11-15-10-17(13-27)19-4-3-5-20(30)28(19)12-15/h3-9,15,17,21,31H,10-13H2,1-2H3. The molecule has 2 aliphatic heterocycles. The molecule has 1 saturated heterocycles. The Balaban J connectivity index is 1.44. The first-order valence-electron chi connectivity index (χ1n) is 11.1. The van der Waals surface area contributed by atoms with Crippen LogP contribution in [-0.2, 0) is 6.54 Å². The number of likely N-dealkylation sites (tertiary alicyclic amines) is 1. The van der Waals surface area contributed by atoms with Crippen molar-refractivity contribution in [3.8, 4) is 11.6 Å². The molecule has 3 aromatic heterocycles. The molecule has 5 heterocycles. The average Bonchev–Trinajstić information content (AvgIpc) is 3.32. The van der Waals surface area contributed by atoms with Gasteiger partial charge in [0, 0.05) is 37.3 Å². The quantitative estimate of drug-likeness (QED) is 0.500. The lowest BCUT2D eigenvalue weighted by molar-refractivity contribution is 0.0952. The summed E-state index contributed by atoms with van der Waals surface area (Å²) in [6.07, 6.45) is 1.08. The molecular weight excluding hydrogens is 438 g/mol. The number of pyridine rings is 1. The summed E-state index contributed by atoms with van der Waals surface area (Å²) in [7, 11) is 1.66. The fourth-order valence-electron chi connectivity index (χ4n) is 5.48. The third-order valence-electron chi connectivity index (χ3n) is 6.86. The summed E-state index contributed by atoms with van der Waals surface area (Å²) in [6, 6.07) is 13.5. The number of hydrogen-bond donors (Lipinski definition) is 1. The highest BCUT2D eigenvalue weighted by molar-refractivity contribution is 7.17. The Kier molecular flexibility index (Phi) is 4.77. The van der Waals surface area contributed by atoms with Crippen LogP contribution in [0.2, 0.25) is 0 Å². The van der Waals surface area contributed by atoms with E-state index in [-0.39, 0.29) is 23.4 Å². The maximum absolute atomic E-state index is 12.4. The Bertz CT molecular complexity index is 1390. The van der Waals surface area contributed by atoms with Gasteiger partial charge >= 0.3 is 0 Å². The van der Waals surface area contributed by atoms with E-state index in [9.17, 15) is 9.90 Å². The van der Waals surface area contributed by atoms with Gasteiger partial charge in [-0.2, -0.15) is 4.52 Å². The van der Waals surface area contributed by atoms with Crippen LogP contribution in [0.4, 0.5) is 0 Å². The van der Waals surface area contributed by atoms with Crippen LogP contribution in [0.15, 0.2) is 47.3 Å². The minimum atomic E-state index is -0.142. The van der Waals surface area contributed by atoms with E-state index in [2.05, 4.69) is 33.2 Å². The molecule has 2 bridgehead atoms. The van der Waals surface area contributed by atoms with E-state index in [0.29, 0.717) is 16.7 Å². The molecule has 0 spiro atoms. The number of methoxy groups -OCH3 is 1. The van der Waals surface area contributed by atoms with Crippen molar-refractivity contribution in [1.29, 1.82) is 0 Å². The van der Waals surface area contributed by atoms with Crippen LogP contribution >= 0.6 is 11.3 Å². The normalized spacial score (nSPS) is 21.2. The molecule has 9 heteroatoms. The molecule has 8 nitrogen and oxygen atoms in total. The van der Waals surface area contributed by atoms with E-state index < -0.39 is 0 Å². The molecule has 170 valence electrons. The largest absolute Gasteiger partial charge is 0.497 e. The lowest BCUT2D eigenvalue weighted by Gasteiger charge is -2.45. The zero-order valence-electron chi connectivity index (χ0n) is 18.5. The van der Waals surface area contributed by atoms with Crippen molar-refractivity contribution in [2.24, 2.45) is 5.92 Å².